The molecule has 0 atom stereocenters. The zero-order valence-corrected chi connectivity index (χ0v) is 13.0. The lowest BCUT2D eigenvalue weighted by Crippen LogP contribution is -2.24. The Morgan fingerprint density at radius 3 is 2.40 bits per heavy atom. The van der Waals surface area contributed by atoms with Crippen LogP contribution < -0.4 is 9.47 Å². The van der Waals surface area contributed by atoms with Crippen molar-refractivity contribution < 1.29 is 14.3 Å². The Morgan fingerprint density at radius 2 is 1.85 bits per heavy atom. The van der Waals surface area contributed by atoms with E-state index in [1.165, 1.54) is 0 Å². The molecule has 0 fully saturated rings. The smallest absolute Gasteiger partial charge is 0.168 e. The van der Waals surface area contributed by atoms with Crippen molar-refractivity contribution in [3.05, 3.63) is 35.9 Å². The highest BCUT2D eigenvalue weighted by molar-refractivity contribution is 6.00. The summed E-state index contributed by atoms with van der Waals surface area (Å²) < 4.78 is 10.4. The fourth-order valence-corrected chi connectivity index (χ4v) is 2.09. The zero-order chi connectivity index (χ0) is 15.2. The molecule has 20 heavy (non-hydrogen) atoms. The van der Waals surface area contributed by atoms with Crippen LogP contribution in [0.2, 0.25) is 0 Å². The zero-order valence-electron chi connectivity index (χ0n) is 13.0. The van der Waals surface area contributed by atoms with E-state index in [9.17, 15) is 4.79 Å². The Morgan fingerprint density at radius 1 is 1.20 bits per heavy atom. The van der Waals surface area contributed by atoms with Crippen molar-refractivity contribution in [1.29, 1.82) is 0 Å². The third kappa shape index (κ3) is 3.86. The topological polar surface area (TPSA) is 35.5 Å². The molecule has 1 aromatic carbocycles. The van der Waals surface area contributed by atoms with Crippen molar-refractivity contribution in [3.8, 4) is 11.5 Å². The number of allylic oxidation sites excluding steroid dienone is 2. The van der Waals surface area contributed by atoms with Gasteiger partial charge in [0.15, 0.2) is 17.3 Å². The van der Waals surface area contributed by atoms with Gasteiger partial charge in [0.2, 0.25) is 0 Å². The summed E-state index contributed by atoms with van der Waals surface area (Å²) in [6.07, 6.45) is 5.83. The number of Topliss-reactive ketones (excluding diaryl/α,β-unsaturated/α-hetero) is 1. The van der Waals surface area contributed by atoms with E-state index in [1.54, 1.807) is 32.4 Å². The monoisotopic (exact) mass is 276 g/mol. The SMILES string of the molecule is C/C=C\CCC(C)(C)C(=O)c1ccc(OC)c(OC)c1. The second kappa shape index (κ2) is 7.13. The highest BCUT2D eigenvalue weighted by atomic mass is 16.5. The van der Waals surface area contributed by atoms with Gasteiger partial charge in [-0.1, -0.05) is 26.0 Å². The normalized spacial score (nSPS) is 11.7. The quantitative estimate of drug-likeness (QED) is 0.551. The molecule has 0 radical (unpaired) electrons. The minimum absolute atomic E-state index is 0.128. The molecule has 0 bridgehead atoms. The summed E-state index contributed by atoms with van der Waals surface area (Å²) >= 11 is 0. The summed E-state index contributed by atoms with van der Waals surface area (Å²) in [5, 5.41) is 0. The lowest BCUT2D eigenvalue weighted by molar-refractivity contribution is 0.0827. The summed E-state index contributed by atoms with van der Waals surface area (Å²) in [4.78, 5) is 12.6. The third-order valence-corrected chi connectivity index (χ3v) is 3.43. The average Bonchev–Trinajstić information content (AvgIpc) is 2.45. The second-order valence-electron chi connectivity index (χ2n) is 5.39. The number of hydrogen-bond donors (Lipinski definition) is 0. The molecule has 0 aliphatic carbocycles. The number of hydrogen-bond acceptors (Lipinski definition) is 3. The van der Waals surface area contributed by atoms with Gasteiger partial charge in [0, 0.05) is 11.0 Å². The molecule has 3 heteroatoms. The van der Waals surface area contributed by atoms with Crippen molar-refractivity contribution >= 4 is 5.78 Å². The number of carbonyl (C=O) groups is 1. The van der Waals surface area contributed by atoms with Gasteiger partial charge in [-0.3, -0.25) is 4.79 Å². The highest BCUT2D eigenvalue weighted by Crippen LogP contribution is 2.32. The lowest BCUT2D eigenvalue weighted by Gasteiger charge is -2.23. The van der Waals surface area contributed by atoms with Crippen LogP contribution in [-0.4, -0.2) is 20.0 Å². The summed E-state index contributed by atoms with van der Waals surface area (Å²) in [5.41, 5.74) is 0.271. The third-order valence-electron chi connectivity index (χ3n) is 3.43. The first-order valence-electron chi connectivity index (χ1n) is 6.84. The molecular formula is C17H24O3. The minimum atomic E-state index is -0.390. The number of rotatable bonds is 7. The predicted molar refractivity (Wildman–Crippen MR) is 81.7 cm³/mol. The van der Waals surface area contributed by atoms with E-state index < -0.39 is 0 Å². The van der Waals surface area contributed by atoms with Crippen molar-refractivity contribution in [2.75, 3.05) is 14.2 Å². The number of benzene rings is 1. The van der Waals surface area contributed by atoms with Crippen LogP contribution in [0.5, 0.6) is 11.5 Å². The molecule has 0 amide bonds. The molecule has 1 rings (SSSR count). The summed E-state index contributed by atoms with van der Waals surface area (Å²) in [7, 11) is 3.16. The largest absolute Gasteiger partial charge is 0.493 e. The van der Waals surface area contributed by atoms with Gasteiger partial charge in [-0.15, -0.1) is 0 Å². The molecule has 0 aliphatic heterocycles. The van der Waals surface area contributed by atoms with E-state index >= 15 is 0 Å². The Kier molecular flexibility index (Phi) is 5.81. The van der Waals surface area contributed by atoms with Crippen LogP contribution >= 0.6 is 0 Å². The van der Waals surface area contributed by atoms with Crippen LogP contribution in [0.4, 0.5) is 0 Å². The molecule has 0 aliphatic rings. The van der Waals surface area contributed by atoms with Crippen molar-refractivity contribution in [2.45, 2.75) is 33.6 Å². The minimum Gasteiger partial charge on any atom is -0.493 e. The van der Waals surface area contributed by atoms with Crippen LogP contribution in [-0.2, 0) is 0 Å². The highest BCUT2D eigenvalue weighted by Gasteiger charge is 2.28. The van der Waals surface area contributed by atoms with E-state index in [1.807, 2.05) is 26.8 Å². The van der Waals surface area contributed by atoms with Gasteiger partial charge in [-0.05, 0) is 38.0 Å². The molecule has 0 spiro atoms. The molecule has 0 heterocycles. The van der Waals surface area contributed by atoms with Crippen molar-refractivity contribution in [3.63, 3.8) is 0 Å². The molecule has 0 saturated heterocycles. The van der Waals surface area contributed by atoms with E-state index in [-0.39, 0.29) is 11.2 Å². The Bertz CT molecular complexity index is 487. The Labute approximate surface area is 121 Å². The van der Waals surface area contributed by atoms with Crippen molar-refractivity contribution in [2.24, 2.45) is 5.41 Å². The van der Waals surface area contributed by atoms with Crippen LogP contribution in [0.25, 0.3) is 0 Å². The lowest BCUT2D eigenvalue weighted by atomic mass is 9.80. The summed E-state index contributed by atoms with van der Waals surface area (Å²) in [6, 6.07) is 5.31. The van der Waals surface area contributed by atoms with Gasteiger partial charge in [0.05, 0.1) is 14.2 Å². The number of ketones is 1. The standard InChI is InChI=1S/C17H24O3/c1-6-7-8-11-17(2,3)16(18)13-9-10-14(19-4)15(12-13)20-5/h6-7,9-10,12H,8,11H2,1-5H3/b7-6-. The van der Waals surface area contributed by atoms with Gasteiger partial charge in [-0.25, -0.2) is 0 Å². The van der Waals surface area contributed by atoms with Crippen LogP contribution in [0.1, 0.15) is 44.0 Å². The fourth-order valence-electron chi connectivity index (χ4n) is 2.09. The van der Waals surface area contributed by atoms with Gasteiger partial charge in [-0.2, -0.15) is 0 Å². The van der Waals surface area contributed by atoms with E-state index in [0.29, 0.717) is 17.1 Å². The first-order chi connectivity index (χ1) is 9.46. The predicted octanol–water partition coefficient (Wildman–Crippen LogP) is 4.27. The van der Waals surface area contributed by atoms with E-state index in [0.717, 1.165) is 12.8 Å². The molecule has 0 saturated carbocycles. The van der Waals surface area contributed by atoms with Gasteiger partial charge in [0.1, 0.15) is 0 Å². The van der Waals surface area contributed by atoms with E-state index in [2.05, 4.69) is 6.08 Å². The Balaban J connectivity index is 2.96. The molecule has 0 unspecified atom stereocenters. The van der Waals surface area contributed by atoms with Gasteiger partial charge in [0.25, 0.3) is 0 Å². The molecule has 110 valence electrons. The van der Waals surface area contributed by atoms with E-state index in [4.69, 9.17) is 9.47 Å². The van der Waals surface area contributed by atoms with Gasteiger partial charge < -0.3 is 9.47 Å². The first-order valence-corrected chi connectivity index (χ1v) is 6.84. The maximum Gasteiger partial charge on any atom is 0.168 e. The first kappa shape index (κ1) is 16.3. The average molecular weight is 276 g/mol. The van der Waals surface area contributed by atoms with Crippen LogP contribution in [0.3, 0.4) is 0 Å². The number of ether oxygens (including phenoxy) is 2. The molecular weight excluding hydrogens is 252 g/mol. The summed E-state index contributed by atoms with van der Waals surface area (Å²) in [5.74, 6) is 1.35. The molecule has 0 N–H and O–H groups in total. The molecule has 0 aromatic heterocycles. The maximum atomic E-state index is 12.6. The fraction of sp³-hybridized carbons (Fsp3) is 0.471. The van der Waals surface area contributed by atoms with Crippen molar-refractivity contribution in [1.82, 2.24) is 0 Å². The second-order valence-corrected chi connectivity index (χ2v) is 5.39. The van der Waals surface area contributed by atoms with Gasteiger partial charge >= 0.3 is 0 Å². The van der Waals surface area contributed by atoms with Crippen LogP contribution in [0.15, 0.2) is 30.4 Å². The number of methoxy groups -OCH3 is 2. The van der Waals surface area contributed by atoms with Crippen LogP contribution in [0, 0.1) is 5.41 Å². The molecule has 1 aromatic rings. The summed E-state index contributed by atoms with van der Waals surface area (Å²) in [6.45, 7) is 5.95. The Hall–Kier alpha value is -1.77. The number of carbonyl (C=O) groups excluding carboxylic acids is 1. The molecule has 3 nitrogen and oxygen atoms in total. The maximum absolute atomic E-state index is 12.6.